The van der Waals surface area contributed by atoms with E-state index < -0.39 is 0 Å². The Bertz CT molecular complexity index is 857. The minimum absolute atomic E-state index is 0.0363. The molecule has 0 saturated heterocycles. The van der Waals surface area contributed by atoms with E-state index in [1.165, 1.54) is 0 Å². The second-order valence-electron chi connectivity index (χ2n) is 8.56. The van der Waals surface area contributed by atoms with Gasteiger partial charge in [-0.05, 0) is 68.0 Å². The van der Waals surface area contributed by atoms with E-state index in [-0.39, 0.29) is 23.2 Å². The number of fused-ring (bicyclic) bond motifs is 4. The maximum absolute atomic E-state index is 12.7. The van der Waals surface area contributed by atoms with Gasteiger partial charge in [-0.15, -0.1) is 0 Å². The highest BCUT2D eigenvalue weighted by atomic mass is 35.5. The van der Waals surface area contributed by atoms with E-state index in [1.54, 1.807) is 0 Å². The predicted octanol–water partition coefficient (Wildman–Crippen LogP) is 4.52. The number of anilines is 1. The zero-order valence-electron chi connectivity index (χ0n) is 16.8. The standard InChI is InChI=1S/C21H29ClN4O2/c1-4-28-20(27)16-13-5-7-14(8-6-13)17(16)23-18-15-9-10-26(11-12(2)3)19(15)25-21(22)24-18/h9-10,12-14,16-17H,4-8,11H2,1-3H3,(H,23,24,25)/t13?,14?,16-,17-/m0/s1. The number of ether oxygens (including phenoxy) is 1. The van der Waals surface area contributed by atoms with Gasteiger partial charge in [0.2, 0.25) is 5.28 Å². The van der Waals surface area contributed by atoms with Gasteiger partial charge in [-0.3, -0.25) is 4.79 Å². The molecule has 0 unspecified atom stereocenters. The smallest absolute Gasteiger partial charge is 0.311 e. The first-order chi connectivity index (χ1) is 13.5. The van der Waals surface area contributed by atoms with Crippen LogP contribution < -0.4 is 5.32 Å². The fourth-order valence-electron chi connectivity index (χ4n) is 5.08. The molecule has 3 aliphatic carbocycles. The summed E-state index contributed by atoms with van der Waals surface area (Å²) in [6.07, 6.45) is 6.55. The minimum Gasteiger partial charge on any atom is -0.466 e. The monoisotopic (exact) mass is 404 g/mol. The number of rotatable bonds is 6. The van der Waals surface area contributed by atoms with Crippen molar-refractivity contribution in [2.45, 2.75) is 59.0 Å². The number of carbonyl (C=O) groups excluding carboxylic acids is 1. The normalized spacial score (nSPS) is 26.8. The van der Waals surface area contributed by atoms with E-state index in [1.807, 2.05) is 19.2 Å². The third kappa shape index (κ3) is 3.59. The van der Waals surface area contributed by atoms with Crippen LogP contribution in [0.3, 0.4) is 0 Å². The molecule has 1 N–H and O–H groups in total. The summed E-state index contributed by atoms with van der Waals surface area (Å²) in [5.41, 5.74) is 0.838. The van der Waals surface area contributed by atoms with Crippen LogP contribution in [0.2, 0.25) is 5.28 Å². The summed E-state index contributed by atoms with van der Waals surface area (Å²) in [4.78, 5) is 21.7. The van der Waals surface area contributed by atoms with Gasteiger partial charge < -0.3 is 14.6 Å². The van der Waals surface area contributed by atoms with Crippen molar-refractivity contribution in [2.75, 3.05) is 11.9 Å². The summed E-state index contributed by atoms with van der Waals surface area (Å²) >= 11 is 6.27. The Balaban J connectivity index is 1.68. The Labute approximate surface area is 171 Å². The van der Waals surface area contributed by atoms with Crippen LogP contribution in [-0.4, -0.2) is 33.2 Å². The fraction of sp³-hybridized carbons (Fsp3) is 0.667. The summed E-state index contributed by atoms with van der Waals surface area (Å²) in [5.74, 6) is 1.88. The molecule has 7 heteroatoms. The van der Waals surface area contributed by atoms with Crippen molar-refractivity contribution >= 4 is 34.4 Å². The molecule has 0 amide bonds. The van der Waals surface area contributed by atoms with Crippen molar-refractivity contribution < 1.29 is 9.53 Å². The molecule has 3 fully saturated rings. The molecule has 3 saturated carbocycles. The molecule has 0 aromatic carbocycles. The van der Waals surface area contributed by atoms with Gasteiger partial charge in [-0.2, -0.15) is 4.98 Å². The topological polar surface area (TPSA) is 69.0 Å². The fourth-order valence-corrected chi connectivity index (χ4v) is 5.25. The van der Waals surface area contributed by atoms with Gasteiger partial charge in [0.25, 0.3) is 0 Å². The molecular weight excluding hydrogens is 376 g/mol. The quantitative estimate of drug-likeness (QED) is 0.566. The highest BCUT2D eigenvalue weighted by molar-refractivity contribution is 6.28. The lowest BCUT2D eigenvalue weighted by molar-refractivity contribution is -0.154. The summed E-state index contributed by atoms with van der Waals surface area (Å²) in [7, 11) is 0. The zero-order chi connectivity index (χ0) is 19.8. The molecule has 5 rings (SSSR count). The number of nitrogens with one attached hydrogen (secondary N) is 1. The molecule has 0 spiro atoms. The predicted molar refractivity (Wildman–Crippen MR) is 110 cm³/mol. The van der Waals surface area contributed by atoms with Crippen molar-refractivity contribution in [3.8, 4) is 0 Å². The maximum atomic E-state index is 12.7. The summed E-state index contributed by atoms with van der Waals surface area (Å²) in [5, 5.41) is 4.78. The van der Waals surface area contributed by atoms with Gasteiger partial charge in [0.05, 0.1) is 17.9 Å². The molecule has 2 aromatic rings. The second-order valence-corrected chi connectivity index (χ2v) is 8.90. The van der Waals surface area contributed by atoms with E-state index in [2.05, 4.69) is 33.7 Å². The van der Waals surface area contributed by atoms with Crippen LogP contribution in [0.15, 0.2) is 12.3 Å². The van der Waals surface area contributed by atoms with Gasteiger partial charge in [0.1, 0.15) is 11.5 Å². The molecule has 152 valence electrons. The molecule has 2 aromatic heterocycles. The number of nitrogens with zero attached hydrogens (tertiary/aromatic N) is 3. The zero-order valence-corrected chi connectivity index (χ0v) is 17.6. The number of hydrogen-bond acceptors (Lipinski definition) is 5. The number of carbonyl (C=O) groups is 1. The highest BCUT2D eigenvalue weighted by Crippen LogP contribution is 2.47. The Morgan fingerprint density at radius 1 is 1.29 bits per heavy atom. The summed E-state index contributed by atoms with van der Waals surface area (Å²) < 4.78 is 7.54. The van der Waals surface area contributed by atoms with Crippen LogP contribution in [0.1, 0.15) is 46.5 Å². The molecule has 28 heavy (non-hydrogen) atoms. The van der Waals surface area contributed by atoms with E-state index in [0.29, 0.717) is 24.4 Å². The van der Waals surface area contributed by atoms with Crippen LogP contribution in [0.25, 0.3) is 11.0 Å². The second kappa shape index (κ2) is 7.90. The summed E-state index contributed by atoms with van der Waals surface area (Å²) in [6, 6.07) is 2.07. The van der Waals surface area contributed by atoms with E-state index in [9.17, 15) is 4.79 Å². The number of esters is 1. The summed E-state index contributed by atoms with van der Waals surface area (Å²) in [6.45, 7) is 7.51. The van der Waals surface area contributed by atoms with Gasteiger partial charge in [-0.1, -0.05) is 13.8 Å². The Morgan fingerprint density at radius 2 is 2.00 bits per heavy atom. The molecular formula is C21H29ClN4O2. The van der Waals surface area contributed by atoms with Crippen LogP contribution in [-0.2, 0) is 16.1 Å². The van der Waals surface area contributed by atoms with Crippen LogP contribution in [0, 0.1) is 23.7 Å². The van der Waals surface area contributed by atoms with Gasteiger partial charge in [-0.25, -0.2) is 4.98 Å². The van der Waals surface area contributed by atoms with E-state index >= 15 is 0 Å². The number of aromatic nitrogens is 3. The van der Waals surface area contributed by atoms with E-state index in [4.69, 9.17) is 16.3 Å². The molecule has 2 heterocycles. The van der Waals surface area contributed by atoms with Crippen molar-refractivity contribution in [3.05, 3.63) is 17.5 Å². The lowest BCUT2D eigenvalue weighted by atomic mass is 9.61. The number of hydrogen-bond donors (Lipinski definition) is 1. The van der Waals surface area contributed by atoms with E-state index in [0.717, 1.165) is 49.1 Å². The third-order valence-electron chi connectivity index (χ3n) is 6.23. The lowest BCUT2D eigenvalue weighted by Crippen LogP contribution is -2.52. The van der Waals surface area contributed by atoms with Crippen molar-refractivity contribution in [1.29, 1.82) is 0 Å². The van der Waals surface area contributed by atoms with Crippen LogP contribution in [0.5, 0.6) is 0 Å². The highest BCUT2D eigenvalue weighted by Gasteiger charge is 2.48. The first-order valence-electron chi connectivity index (χ1n) is 10.4. The average molecular weight is 405 g/mol. The molecule has 3 aliphatic rings. The Hall–Kier alpha value is -1.82. The Morgan fingerprint density at radius 3 is 2.68 bits per heavy atom. The van der Waals surface area contributed by atoms with Gasteiger partial charge >= 0.3 is 5.97 Å². The van der Waals surface area contributed by atoms with Crippen molar-refractivity contribution in [3.63, 3.8) is 0 Å². The first kappa shape index (κ1) is 19.5. The molecule has 0 aliphatic heterocycles. The minimum atomic E-state index is -0.117. The van der Waals surface area contributed by atoms with Gasteiger partial charge in [0.15, 0.2) is 0 Å². The van der Waals surface area contributed by atoms with Crippen molar-refractivity contribution in [1.82, 2.24) is 14.5 Å². The first-order valence-corrected chi connectivity index (χ1v) is 10.8. The molecule has 2 atom stereocenters. The Kier molecular flexibility index (Phi) is 5.50. The van der Waals surface area contributed by atoms with Gasteiger partial charge in [0, 0.05) is 18.8 Å². The lowest BCUT2D eigenvalue weighted by Gasteiger charge is -2.47. The van der Waals surface area contributed by atoms with Crippen molar-refractivity contribution in [2.24, 2.45) is 23.7 Å². The SMILES string of the molecule is CCOC(=O)[C@H]1C2CCC(CC2)[C@@H]1Nc1nc(Cl)nc2c1ccn2CC(C)C. The average Bonchev–Trinajstić information content (AvgIpc) is 3.05. The largest absolute Gasteiger partial charge is 0.466 e. The molecule has 2 bridgehead atoms. The molecule has 0 radical (unpaired) electrons. The maximum Gasteiger partial charge on any atom is 0.311 e. The third-order valence-corrected chi connectivity index (χ3v) is 6.40. The van der Waals surface area contributed by atoms with Crippen LogP contribution >= 0.6 is 11.6 Å². The van der Waals surface area contributed by atoms with Crippen LogP contribution in [0.4, 0.5) is 5.82 Å². The number of halogens is 1. The molecule has 6 nitrogen and oxygen atoms in total.